The Balaban J connectivity index is 2.06. The second kappa shape index (κ2) is 14.9. The lowest BCUT2D eigenvalue weighted by molar-refractivity contribution is -0.423. The van der Waals surface area contributed by atoms with Gasteiger partial charge in [0.05, 0.1) is 20.3 Å². The van der Waals surface area contributed by atoms with Crippen LogP contribution < -0.4 is 14.2 Å². The van der Waals surface area contributed by atoms with Crippen LogP contribution in [-0.4, -0.2) is 86.4 Å². The third-order valence-corrected chi connectivity index (χ3v) is 5.49. The summed E-state index contributed by atoms with van der Waals surface area (Å²) in [6.07, 6.45) is -14.6. The lowest BCUT2D eigenvalue weighted by atomic mass is 10.1. The maximum absolute atomic E-state index is 13.5. The Morgan fingerprint density at radius 3 is 2.10 bits per heavy atom. The molecule has 0 heterocycles. The Hall–Kier alpha value is -3.79. The summed E-state index contributed by atoms with van der Waals surface area (Å²) in [6.45, 7) is -1.12. The molecule has 0 aliphatic carbocycles. The second-order valence-electron chi connectivity index (χ2n) is 8.45. The van der Waals surface area contributed by atoms with Crippen molar-refractivity contribution in [2.75, 3.05) is 40.0 Å². The average Bonchev–Trinajstić information content (AvgIpc) is 2.92. The highest BCUT2D eigenvalue weighted by Gasteiger charge is 2.74. The largest absolute Gasteiger partial charge is 0.497 e. The molecule has 0 fully saturated rings. The van der Waals surface area contributed by atoms with Gasteiger partial charge in [-0.3, -0.25) is 0 Å². The van der Waals surface area contributed by atoms with Crippen LogP contribution in [0.15, 0.2) is 48.5 Å². The minimum absolute atomic E-state index is 0.0394. The Labute approximate surface area is 235 Å². The fourth-order valence-electron chi connectivity index (χ4n) is 3.29. The number of hydrogen-bond acceptors (Lipinski definition) is 7. The van der Waals surface area contributed by atoms with E-state index in [1.54, 1.807) is 19.1 Å². The second-order valence-corrected chi connectivity index (χ2v) is 8.45. The number of rotatable bonds is 16. The first-order valence-electron chi connectivity index (χ1n) is 12.2. The first-order valence-corrected chi connectivity index (χ1v) is 12.2. The van der Waals surface area contributed by atoms with E-state index < -0.39 is 49.5 Å². The molecular formula is C26H28F7NO8. The third-order valence-electron chi connectivity index (χ3n) is 5.49. The van der Waals surface area contributed by atoms with E-state index in [9.17, 15) is 45.4 Å². The van der Waals surface area contributed by atoms with Crippen LogP contribution in [0.3, 0.4) is 0 Å². The van der Waals surface area contributed by atoms with Gasteiger partial charge in [0, 0.05) is 25.6 Å². The van der Waals surface area contributed by atoms with E-state index in [0.29, 0.717) is 16.2 Å². The molecule has 16 heteroatoms. The summed E-state index contributed by atoms with van der Waals surface area (Å²) in [6, 6.07) is 11.8. The molecule has 1 N–H and O–H groups in total. The first-order chi connectivity index (χ1) is 19.6. The highest BCUT2D eigenvalue weighted by Crippen LogP contribution is 2.46. The predicted molar refractivity (Wildman–Crippen MR) is 131 cm³/mol. The van der Waals surface area contributed by atoms with Gasteiger partial charge in [-0.1, -0.05) is 18.2 Å². The normalized spacial score (nSPS) is 12.9. The van der Waals surface area contributed by atoms with Crippen molar-refractivity contribution in [3.63, 3.8) is 0 Å². The molecule has 42 heavy (non-hydrogen) atoms. The van der Waals surface area contributed by atoms with Crippen LogP contribution in [0.1, 0.15) is 12.5 Å². The van der Waals surface area contributed by atoms with E-state index in [1.165, 1.54) is 43.5 Å². The summed E-state index contributed by atoms with van der Waals surface area (Å²) in [5, 5.41) is 9.20. The summed E-state index contributed by atoms with van der Waals surface area (Å²) >= 11 is 0. The number of ether oxygens (including phenoxy) is 5. The number of amides is 1. The van der Waals surface area contributed by atoms with Crippen molar-refractivity contribution in [2.45, 2.75) is 37.7 Å². The van der Waals surface area contributed by atoms with E-state index in [1.807, 2.05) is 0 Å². The molecule has 0 aliphatic heterocycles. The number of aliphatic carboxylic acids is 1. The van der Waals surface area contributed by atoms with Crippen molar-refractivity contribution in [1.82, 2.24) is 4.90 Å². The molecule has 0 bridgehead atoms. The van der Waals surface area contributed by atoms with Crippen LogP contribution in [0, 0.1) is 0 Å². The van der Waals surface area contributed by atoms with E-state index >= 15 is 0 Å². The van der Waals surface area contributed by atoms with Gasteiger partial charge in [-0.15, -0.1) is 0 Å². The van der Waals surface area contributed by atoms with Crippen LogP contribution >= 0.6 is 0 Å². The SMILES string of the molecule is CCOC(Cc1ccc(OCCN(CCOC(F)(F)C(F)(F)C(F)(F)F)C(=O)Oc2cccc(OC)c2)cc1)C(=O)O. The fourth-order valence-corrected chi connectivity index (χ4v) is 3.29. The van der Waals surface area contributed by atoms with Gasteiger partial charge in [0.2, 0.25) is 0 Å². The number of methoxy groups -OCH3 is 1. The number of nitrogens with zero attached hydrogens (tertiary/aromatic N) is 1. The summed E-state index contributed by atoms with van der Waals surface area (Å²) in [5.74, 6) is -7.10. The molecule has 2 rings (SSSR count). The smallest absolute Gasteiger partial charge is 0.462 e. The molecule has 0 spiro atoms. The van der Waals surface area contributed by atoms with Crippen LogP contribution in [0.5, 0.6) is 17.2 Å². The van der Waals surface area contributed by atoms with Crippen molar-refractivity contribution >= 4 is 12.1 Å². The fraction of sp³-hybridized carbons (Fsp3) is 0.462. The molecule has 234 valence electrons. The summed E-state index contributed by atoms with van der Waals surface area (Å²) < 4.78 is 115. The molecule has 0 aliphatic rings. The zero-order valence-corrected chi connectivity index (χ0v) is 22.3. The number of carboxylic acid groups (broad SMARTS) is 1. The molecule has 0 radical (unpaired) electrons. The van der Waals surface area contributed by atoms with Gasteiger partial charge in [-0.2, -0.15) is 30.7 Å². The molecule has 2 aromatic carbocycles. The highest BCUT2D eigenvalue weighted by atomic mass is 19.4. The molecule has 0 saturated heterocycles. The lowest BCUT2D eigenvalue weighted by Crippen LogP contribution is -2.54. The standard InChI is InChI=1S/C26H28F7NO8/c1-3-39-21(22(35)36)15-17-7-9-18(10-8-17)40-13-11-34(23(37)42-20-6-4-5-19(16-20)38-2)12-14-41-26(32,33)24(27,28)25(29,30)31/h4-10,16,21H,3,11-15H2,1-2H3,(H,35,36). The monoisotopic (exact) mass is 615 g/mol. The maximum Gasteiger partial charge on any atom is 0.462 e. The Kier molecular flexibility index (Phi) is 12.2. The van der Waals surface area contributed by atoms with Gasteiger partial charge in [-0.25, -0.2) is 9.59 Å². The summed E-state index contributed by atoms with van der Waals surface area (Å²) in [4.78, 5) is 24.7. The van der Waals surface area contributed by atoms with Crippen molar-refractivity contribution < 1.29 is 69.1 Å². The number of carbonyl (C=O) groups excluding carboxylic acids is 1. The van der Waals surface area contributed by atoms with E-state index in [0.717, 1.165) is 0 Å². The van der Waals surface area contributed by atoms with Crippen molar-refractivity contribution in [1.29, 1.82) is 0 Å². The minimum atomic E-state index is -6.58. The molecule has 0 saturated carbocycles. The molecular weight excluding hydrogens is 587 g/mol. The lowest BCUT2D eigenvalue weighted by Gasteiger charge is -2.28. The van der Waals surface area contributed by atoms with Gasteiger partial charge in [0.15, 0.2) is 6.10 Å². The van der Waals surface area contributed by atoms with Crippen molar-refractivity contribution in [2.24, 2.45) is 0 Å². The van der Waals surface area contributed by atoms with Crippen LogP contribution in [0.4, 0.5) is 35.5 Å². The van der Waals surface area contributed by atoms with E-state index in [-0.39, 0.29) is 37.7 Å². The maximum atomic E-state index is 13.5. The Bertz CT molecular complexity index is 1160. The summed E-state index contributed by atoms with van der Waals surface area (Å²) in [5.41, 5.74) is 0.612. The zero-order valence-electron chi connectivity index (χ0n) is 22.3. The van der Waals surface area contributed by atoms with Gasteiger partial charge < -0.3 is 33.7 Å². The Morgan fingerprint density at radius 2 is 1.52 bits per heavy atom. The third kappa shape index (κ3) is 9.65. The molecule has 2 aromatic rings. The predicted octanol–water partition coefficient (Wildman–Crippen LogP) is 5.41. The molecule has 1 atom stereocenters. The van der Waals surface area contributed by atoms with Gasteiger partial charge in [-0.05, 0) is 36.8 Å². The zero-order chi connectivity index (χ0) is 31.6. The molecule has 1 unspecified atom stereocenters. The number of carbonyl (C=O) groups is 2. The molecule has 1 amide bonds. The van der Waals surface area contributed by atoms with Crippen molar-refractivity contribution in [3.8, 4) is 17.2 Å². The summed E-state index contributed by atoms with van der Waals surface area (Å²) in [7, 11) is 1.34. The number of halogens is 7. The van der Waals surface area contributed by atoms with Crippen molar-refractivity contribution in [3.05, 3.63) is 54.1 Å². The molecule has 0 aromatic heterocycles. The highest BCUT2D eigenvalue weighted by molar-refractivity contribution is 5.72. The van der Waals surface area contributed by atoms with Gasteiger partial charge in [0.1, 0.15) is 23.9 Å². The number of benzene rings is 2. The number of carboxylic acids is 1. The van der Waals surface area contributed by atoms with Crippen LogP contribution in [-0.2, 0) is 20.7 Å². The van der Waals surface area contributed by atoms with Crippen LogP contribution in [0.25, 0.3) is 0 Å². The quantitative estimate of drug-likeness (QED) is 0.250. The van der Waals surface area contributed by atoms with Gasteiger partial charge in [0.25, 0.3) is 0 Å². The Morgan fingerprint density at radius 1 is 0.905 bits per heavy atom. The van der Waals surface area contributed by atoms with Gasteiger partial charge >= 0.3 is 30.3 Å². The molecule has 9 nitrogen and oxygen atoms in total. The minimum Gasteiger partial charge on any atom is -0.497 e. The number of alkyl halides is 7. The number of hydrogen-bond donors (Lipinski definition) is 1. The van der Waals surface area contributed by atoms with Crippen LogP contribution in [0.2, 0.25) is 0 Å². The van der Waals surface area contributed by atoms with E-state index in [2.05, 4.69) is 4.74 Å². The topological polar surface area (TPSA) is 104 Å². The van der Waals surface area contributed by atoms with E-state index in [4.69, 9.17) is 18.9 Å². The average molecular weight is 615 g/mol. The first kappa shape index (κ1) is 34.4.